The van der Waals surface area contributed by atoms with E-state index in [1.54, 1.807) is 42.2 Å². The highest BCUT2D eigenvalue weighted by atomic mass is 16.6. The normalized spacial score (nSPS) is 19.2. The largest absolute Gasteiger partial charge is 0.493 e. The number of anilines is 1. The molecule has 1 unspecified atom stereocenters. The first-order valence-corrected chi connectivity index (χ1v) is 11.6. The lowest BCUT2D eigenvalue weighted by Crippen LogP contribution is -2.51. The third-order valence-electron chi connectivity index (χ3n) is 5.93. The van der Waals surface area contributed by atoms with Crippen molar-refractivity contribution >= 4 is 23.6 Å². The number of hydrogen-bond acceptors (Lipinski definition) is 7. The Balaban J connectivity index is 1.42. The summed E-state index contributed by atoms with van der Waals surface area (Å²) in [6.45, 7) is 9.72. The number of methoxy groups -OCH3 is 2. The standard InChI is InChI=1S/C24H36N4O6/c1-24(2,3)34-23(31)27-12-10-26(11-13-27)9-8-25-22(30)17-14-21(29)28(16-17)18-6-7-19(32-4)20(15-18)33-5/h6-7,15,17H,8-14,16H2,1-5H3,(H,25,30). The van der Waals surface area contributed by atoms with Gasteiger partial charge in [0.2, 0.25) is 11.8 Å². The van der Waals surface area contributed by atoms with E-state index < -0.39 is 11.5 Å². The van der Waals surface area contributed by atoms with Crippen LogP contribution < -0.4 is 19.7 Å². The van der Waals surface area contributed by atoms with Gasteiger partial charge in [0.05, 0.1) is 20.1 Å². The highest BCUT2D eigenvalue weighted by Gasteiger charge is 2.35. The molecule has 10 heteroatoms. The number of nitrogens with one attached hydrogen (secondary N) is 1. The van der Waals surface area contributed by atoms with Crippen molar-refractivity contribution in [2.24, 2.45) is 5.92 Å². The van der Waals surface area contributed by atoms with Crippen LogP contribution in [0, 0.1) is 5.92 Å². The molecule has 2 aliphatic rings. The summed E-state index contributed by atoms with van der Waals surface area (Å²) < 4.78 is 16.0. The van der Waals surface area contributed by atoms with Crippen LogP contribution in [-0.4, -0.2) is 93.3 Å². The molecule has 188 valence electrons. The molecule has 0 radical (unpaired) electrons. The molecular weight excluding hydrogens is 440 g/mol. The van der Waals surface area contributed by atoms with Crippen molar-refractivity contribution in [3.05, 3.63) is 18.2 Å². The third-order valence-corrected chi connectivity index (χ3v) is 5.93. The summed E-state index contributed by atoms with van der Waals surface area (Å²) in [5, 5.41) is 2.96. The number of ether oxygens (including phenoxy) is 3. The van der Waals surface area contributed by atoms with Crippen LogP contribution in [0.3, 0.4) is 0 Å². The quantitative estimate of drug-likeness (QED) is 0.640. The molecule has 2 saturated heterocycles. The van der Waals surface area contributed by atoms with Gasteiger partial charge in [-0.15, -0.1) is 0 Å². The van der Waals surface area contributed by atoms with Gasteiger partial charge < -0.3 is 29.3 Å². The van der Waals surface area contributed by atoms with E-state index in [0.29, 0.717) is 49.9 Å². The number of benzene rings is 1. The van der Waals surface area contributed by atoms with Crippen molar-refractivity contribution in [1.29, 1.82) is 0 Å². The molecule has 1 aromatic carbocycles. The Labute approximate surface area is 201 Å². The summed E-state index contributed by atoms with van der Waals surface area (Å²) in [7, 11) is 3.10. The van der Waals surface area contributed by atoms with Crippen LogP contribution in [0.4, 0.5) is 10.5 Å². The molecule has 1 aromatic rings. The lowest BCUT2D eigenvalue weighted by molar-refractivity contribution is -0.126. The second-order valence-corrected chi connectivity index (χ2v) is 9.54. The van der Waals surface area contributed by atoms with Gasteiger partial charge in [-0.05, 0) is 32.9 Å². The molecule has 1 atom stereocenters. The third kappa shape index (κ3) is 6.53. The minimum absolute atomic E-state index is 0.0920. The van der Waals surface area contributed by atoms with Crippen LogP contribution >= 0.6 is 0 Å². The molecule has 10 nitrogen and oxygen atoms in total. The molecule has 0 bridgehead atoms. The number of nitrogens with zero attached hydrogens (tertiary/aromatic N) is 3. The Morgan fingerprint density at radius 3 is 2.35 bits per heavy atom. The number of carbonyl (C=O) groups excluding carboxylic acids is 3. The summed E-state index contributed by atoms with van der Waals surface area (Å²) in [6.07, 6.45) is -0.111. The van der Waals surface area contributed by atoms with Gasteiger partial charge in [-0.25, -0.2) is 4.79 Å². The van der Waals surface area contributed by atoms with E-state index in [4.69, 9.17) is 14.2 Å². The Morgan fingerprint density at radius 1 is 1.06 bits per heavy atom. The second-order valence-electron chi connectivity index (χ2n) is 9.54. The van der Waals surface area contributed by atoms with Gasteiger partial charge in [0, 0.05) is 64.0 Å². The van der Waals surface area contributed by atoms with E-state index in [9.17, 15) is 14.4 Å². The first-order chi connectivity index (χ1) is 16.1. The zero-order valence-corrected chi connectivity index (χ0v) is 20.8. The predicted molar refractivity (Wildman–Crippen MR) is 127 cm³/mol. The number of piperazine rings is 1. The molecule has 0 aromatic heterocycles. The highest BCUT2D eigenvalue weighted by Crippen LogP contribution is 2.34. The van der Waals surface area contributed by atoms with Gasteiger partial charge in [-0.2, -0.15) is 0 Å². The van der Waals surface area contributed by atoms with Crippen molar-refractivity contribution in [3.63, 3.8) is 0 Å². The molecule has 3 rings (SSSR count). The predicted octanol–water partition coefficient (Wildman–Crippen LogP) is 1.73. The van der Waals surface area contributed by atoms with Crippen molar-refractivity contribution in [2.45, 2.75) is 32.8 Å². The average Bonchev–Trinajstić information content (AvgIpc) is 3.19. The van der Waals surface area contributed by atoms with Crippen molar-refractivity contribution in [2.75, 3.05) is 64.9 Å². The maximum Gasteiger partial charge on any atom is 0.410 e. The molecule has 0 saturated carbocycles. The van der Waals surface area contributed by atoms with Gasteiger partial charge in [0.15, 0.2) is 11.5 Å². The van der Waals surface area contributed by atoms with Crippen LogP contribution in [0.2, 0.25) is 0 Å². The van der Waals surface area contributed by atoms with E-state index in [0.717, 1.165) is 13.1 Å². The number of amides is 3. The molecule has 34 heavy (non-hydrogen) atoms. The first kappa shape index (κ1) is 25.6. The number of carbonyl (C=O) groups is 3. The van der Waals surface area contributed by atoms with E-state index in [-0.39, 0.29) is 24.3 Å². The van der Waals surface area contributed by atoms with E-state index in [1.807, 2.05) is 20.8 Å². The second kappa shape index (κ2) is 10.9. The minimum Gasteiger partial charge on any atom is -0.493 e. The van der Waals surface area contributed by atoms with Gasteiger partial charge in [-0.1, -0.05) is 0 Å². The Kier molecular flexibility index (Phi) is 8.24. The SMILES string of the molecule is COc1ccc(N2CC(C(=O)NCCN3CCN(C(=O)OC(C)(C)C)CC3)CC2=O)cc1OC. The first-order valence-electron chi connectivity index (χ1n) is 11.6. The summed E-state index contributed by atoms with van der Waals surface area (Å²) in [6, 6.07) is 5.28. The fourth-order valence-electron chi connectivity index (χ4n) is 4.09. The summed E-state index contributed by atoms with van der Waals surface area (Å²) in [4.78, 5) is 43.0. The lowest BCUT2D eigenvalue weighted by atomic mass is 10.1. The maximum atomic E-state index is 12.7. The van der Waals surface area contributed by atoms with Gasteiger partial charge in [-0.3, -0.25) is 14.5 Å². The Hall–Kier alpha value is -3.01. The average molecular weight is 477 g/mol. The molecule has 2 aliphatic heterocycles. The van der Waals surface area contributed by atoms with Crippen LogP contribution in [0.1, 0.15) is 27.2 Å². The Morgan fingerprint density at radius 2 is 1.74 bits per heavy atom. The topological polar surface area (TPSA) is 101 Å². The van der Waals surface area contributed by atoms with Crippen LogP contribution in [0.15, 0.2) is 18.2 Å². The summed E-state index contributed by atoms with van der Waals surface area (Å²) in [5.41, 5.74) is 0.176. The maximum absolute atomic E-state index is 12.7. The molecular formula is C24H36N4O6. The van der Waals surface area contributed by atoms with Crippen molar-refractivity contribution in [3.8, 4) is 11.5 Å². The molecule has 1 N–H and O–H groups in total. The van der Waals surface area contributed by atoms with Gasteiger partial charge in [0.1, 0.15) is 5.60 Å². The fraction of sp³-hybridized carbons (Fsp3) is 0.625. The molecule has 2 fully saturated rings. The van der Waals surface area contributed by atoms with Crippen LogP contribution in [-0.2, 0) is 14.3 Å². The van der Waals surface area contributed by atoms with Gasteiger partial charge >= 0.3 is 6.09 Å². The summed E-state index contributed by atoms with van der Waals surface area (Å²) >= 11 is 0. The van der Waals surface area contributed by atoms with Crippen molar-refractivity contribution in [1.82, 2.24) is 15.1 Å². The molecule has 0 aliphatic carbocycles. The lowest BCUT2D eigenvalue weighted by Gasteiger charge is -2.35. The van der Waals surface area contributed by atoms with E-state index in [1.165, 1.54) is 0 Å². The Bertz CT molecular complexity index is 892. The zero-order chi connectivity index (χ0) is 24.9. The van der Waals surface area contributed by atoms with Gasteiger partial charge in [0.25, 0.3) is 0 Å². The number of rotatable bonds is 7. The summed E-state index contributed by atoms with van der Waals surface area (Å²) in [5.74, 6) is 0.505. The van der Waals surface area contributed by atoms with Crippen LogP contribution in [0.5, 0.6) is 11.5 Å². The monoisotopic (exact) mass is 476 g/mol. The minimum atomic E-state index is -0.505. The fourth-order valence-corrected chi connectivity index (χ4v) is 4.09. The highest BCUT2D eigenvalue weighted by molar-refractivity contribution is 6.00. The zero-order valence-electron chi connectivity index (χ0n) is 20.8. The molecule has 0 spiro atoms. The van der Waals surface area contributed by atoms with E-state index >= 15 is 0 Å². The number of hydrogen-bond donors (Lipinski definition) is 1. The van der Waals surface area contributed by atoms with Crippen molar-refractivity contribution < 1.29 is 28.6 Å². The van der Waals surface area contributed by atoms with Crippen LogP contribution in [0.25, 0.3) is 0 Å². The van der Waals surface area contributed by atoms with E-state index in [2.05, 4.69) is 10.2 Å². The molecule has 2 heterocycles. The molecule has 3 amide bonds. The smallest absolute Gasteiger partial charge is 0.410 e.